The number of carbonyl (C=O) groups excluding carboxylic acids is 2. The Bertz CT molecular complexity index is 1720. The molecule has 0 aliphatic rings. The third-order valence-electron chi connectivity index (χ3n) is 6.27. The molecule has 17 heteroatoms. The number of halogens is 5. The Morgan fingerprint density at radius 1 is 1.07 bits per heavy atom. The van der Waals surface area contributed by atoms with Crippen molar-refractivity contribution in [3.05, 3.63) is 76.2 Å². The lowest BCUT2D eigenvalue weighted by Crippen LogP contribution is -2.51. The van der Waals surface area contributed by atoms with Gasteiger partial charge in [-0.05, 0) is 67.9 Å². The quantitative estimate of drug-likeness (QED) is 0.222. The van der Waals surface area contributed by atoms with E-state index in [1.165, 1.54) is 39.2 Å². The van der Waals surface area contributed by atoms with Gasteiger partial charge in [0.25, 0.3) is 11.8 Å². The molecule has 0 saturated carbocycles. The van der Waals surface area contributed by atoms with Crippen LogP contribution in [-0.4, -0.2) is 63.0 Å². The maximum absolute atomic E-state index is 14.5. The van der Waals surface area contributed by atoms with Gasteiger partial charge in [-0.15, -0.1) is 0 Å². The number of sulfonamides is 1. The highest BCUT2D eigenvalue weighted by Crippen LogP contribution is 2.40. The Morgan fingerprint density at radius 3 is 2.29 bits per heavy atom. The summed E-state index contributed by atoms with van der Waals surface area (Å²) in [6, 6.07) is 9.15. The molecule has 0 saturated heterocycles. The van der Waals surface area contributed by atoms with Gasteiger partial charge in [0.1, 0.15) is 5.82 Å². The third kappa shape index (κ3) is 8.81. The molecule has 3 aromatic rings. The van der Waals surface area contributed by atoms with Gasteiger partial charge in [-0.2, -0.15) is 13.2 Å². The lowest BCUT2D eigenvalue weighted by atomic mass is 9.89. The third-order valence-corrected chi connectivity index (χ3v) is 7.15. The van der Waals surface area contributed by atoms with Crippen molar-refractivity contribution in [2.45, 2.75) is 31.2 Å². The molecule has 1 heterocycles. The topological polar surface area (TPSA) is 170 Å². The van der Waals surface area contributed by atoms with Crippen LogP contribution in [0, 0.1) is 5.82 Å². The van der Waals surface area contributed by atoms with E-state index in [-0.39, 0.29) is 38.9 Å². The van der Waals surface area contributed by atoms with Crippen LogP contribution in [0.15, 0.2) is 48.5 Å². The lowest BCUT2D eigenvalue weighted by Gasteiger charge is -2.32. The number of amides is 2. The summed E-state index contributed by atoms with van der Waals surface area (Å²) in [7, 11) is -2.65. The van der Waals surface area contributed by atoms with Gasteiger partial charge in [0.15, 0.2) is 18.1 Å². The summed E-state index contributed by atoms with van der Waals surface area (Å²) in [5, 5.41) is 12.8. The molecule has 0 fully saturated rings. The van der Waals surface area contributed by atoms with Crippen LogP contribution >= 0.6 is 11.6 Å². The van der Waals surface area contributed by atoms with E-state index in [0.29, 0.717) is 0 Å². The van der Waals surface area contributed by atoms with E-state index in [0.717, 1.165) is 36.6 Å². The number of pyridine rings is 1. The van der Waals surface area contributed by atoms with Gasteiger partial charge in [0.2, 0.25) is 15.6 Å². The van der Waals surface area contributed by atoms with Crippen molar-refractivity contribution in [3.8, 4) is 22.8 Å². The molecule has 0 aliphatic heterocycles. The number of ether oxygens (including phenoxy) is 2. The standard InChI is InChI=1S/C28H29ClF4N4O7S/c1-26(2,34)17-11-20(15-5-7-19(30)18(29)9-15)36-23(12-17)27(40,28(31,32)33)14-35-25(39)16-6-8-21(22(10-16)43-3)44-13-24(38)37-45(4,41)42/h5-12,40H,13-14,34H2,1-4H3,(H,35,39)(H,37,38). The number of nitrogens with two attached hydrogens (primary N) is 1. The predicted octanol–water partition coefficient (Wildman–Crippen LogP) is 3.38. The summed E-state index contributed by atoms with van der Waals surface area (Å²) >= 11 is 5.86. The zero-order valence-electron chi connectivity index (χ0n) is 24.3. The van der Waals surface area contributed by atoms with Gasteiger partial charge in [0.05, 0.1) is 36.3 Å². The van der Waals surface area contributed by atoms with E-state index >= 15 is 0 Å². The average Bonchev–Trinajstić information content (AvgIpc) is 2.93. The van der Waals surface area contributed by atoms with Gasteiger partial charge >= 0.3 is 6.18 Å². The molecule has 1 aromatic heterocycles. The van der Waals surface area contributed by atoms with Crippen molar-refractivity contribution in [2.24, 2.45) is 5.73 Å². The minimum absolute atomic E-state index is 0.0802. The summed E-state index contributed by atoms with van der Waals surface area (Å²) in [5.74, 6) is -3.00. The van der Waals surface area contributed by atoms with E-state index in [9.17, 15) is 40.7 Å². The van der Waals surface area contributed by atoms with Crippen LogP contribution in [-0.2, 0) is 26.0 Å². The number of methoxy groups -OCH3 is 1. The fraction of sp³-hybridized carbons (Fsp3) is 0.321. The van der Waals surface area contributed by atoms with Crippen molar-refractivity contribution in [3.63, 3.8) is 0 Å². The number of hydrogen-bond donors (Lipinski definition) is 4. The molecule has 45 heavy (non-hydrogen) atoms. The highest BCUT2D eigenvalue weighted by Gasteiger charge is 2.56. The molecule has 2 aromatic carbocycles. The Morgan fingerprint density at radius 2 is 1.73 bits per heavy atom. The van der Waals surface area contributed by atoms with Crippen LogP contribution in [0.2, 0.25) is 5.02 Å². The van der Waals surface area contributed by atoms with Gasteiger partial charge < -0.3 is 25.6 Å². The summed E-state index contributed by atoms with van der Waals surface area (Å²) < 4.78 is 91.6. The Kier molecular flexibility index (Phi) is 10.4. The number of alkyl halides is 3. The molecular formula is C28H29ClF4N4O7S. The maximum Gasteiger partial charge on any atom is 0.424 e. The number of aromatic nitrogens is 1. The maximum atomic E-state index is 14.5. The van der Waals surface area contributed by atoms with Gasteiger partial charge in [-0.25, -0.2) is 17.8 Å². The van der Waals surface area contributed by atoms with Crippen LogP contribution in [0.4, 0.5) is 17.6 Å². The molecule has 2 amide bonds. The van der Waals surface area contributed by atoms with Crippen molar-refractivity contribution < 1.29 is 50.1 Å². The number of nitrogens with one attached hydrogen (secondary N) is 2. The predicted molar refractivity (Wildman–Crippen MR) is 156 cm³/mol. The van der Waals surface area contributed by atoms with Crippen LogP contribution in [0.25, 0.3) is 11.3 Å². The largest absolute Gasteiger partial charge is 0.493 e. The lowest BCUT2D eigenvalue weighted by molar-refractivity contribution is -0.265. The number of aliphatic hydroxyl groups is 1. The Balaban J connectivity index is 1.93. The first-order chi connectivity index (χ1) is 20.6. The van der Waals surface area contributed by atoms with Crippen LogP contribution in [0.1, 0.15) is 35.5 Å². The van der Waals surface area contributed by atoms with E-state index in [2.05, 4.69) is 4.98 Å². The molecule has 5 N–H and O–H groups in total. The molecule has 1 atom stereocenters. The molecule has 0 spiro atoms. The monoisotopic (exact) mass is 676 g/mol. The zero-order valence-corrected chi connectivity index (χ0v) is 25.8. The Hall–Kier alpha value is -3.99. The SMILES string of the molecule is COc1cc(C(=O)NCC(O)(c2cc(C(C)(C)N)cc(-c3ccc(F)c(Cl)c3)n2)C(F)(F)F)ccc1OCC(=O)NS(C)(=O)=O. The highest BCUT2D eigenvalue weighted by atomic mass is 35.5. The molecule has 11 nitrogen and oxygen atoms in total. The number of benzene rings is 2. The van der Waals surface area contributed by atoms with Crippen LogP contribution in [0.5, 0.6) is 11.5 Å². The van der Waals surface area contributed by atoms with Crippen molar-refractivity contribution >= 4 is 33.4 Å². The molecular weight excluding hydrogens is 648 g/mol. The second-order valence-electron chi connectivity index (χ2n) is 10.5. The summed E-state index contributed by atoms with van der Waals surface area (Å²) in [6.45, 7) is 0.916. The molecule has 0 aliphatic carbocycles. The summed E-state index contributed by atoms with van der Waals surface area (Å²) in [5.41, 5.74) is 0.319. The van der Waals surface area contributed by atoms with Crippen molar-refractivity contribution in [1.29, 1.82) is 0 Å². The van der Waals surface area contributed by atoms with Crippen LogP contribution < -0.4 is 25.2 Å². The zero-order chi connectivity index (χ0) is 34.0. The summed E-state index contributed by atoms with van der Waals surface area (Å²) in [6.07, 6.45) is -4.59. The number of nitrogens with zero attached hydrogens (tertiary/aromatic N) is 1. The molecule has 1 unspecified atom stereocenters. The first-order valence-corrected chi connectivity index (χ1v) is 15.1. The van der Waals surface area contributed by atoms with Gasteiger partial charge in [-0.1, -0.05) is 11.6 Å². The first kappa shape index (κ1) is 35.5. The molecule has 3 rings (SSSR count). The van der Waals surface area contributed by atoms with Gasteiger partial charge in [0, 0.05) is 16.7 Å². The molecule has 0 bridgehead atoms. The minimum atomic E-state index is -5.36. The fourth-order valence-corrected chi connectivity index (χ4v) is 4.52. The summed E-state index contributed by atoms with van der Waals surface area (Å²) in [4.78, 5) is 28.7. The molecule has 0 radical (unpaired) electrons. The van der Waals surface area contributed by atoms with Crippen molar-refractivity contribution in [2.75, 3.05) is 26.5 Å². The van der Waals surface area contributed by atoms with Crippen LogP contribution in [0.3, 0.4) is 0 Å². The Labute approximate surface area is 260 Å². The van der Waals surface area contributed by atoms with Crippen molar-refractivity contribution in [1.82, 2.24) is 15.0 Å². The number of rotatable bonds is 11. The smallest absolute Gasteiger partial charge is 0.424 e. The second-order valence-corrected chi connectivity index (χ2v) is 12.6. The van der Waals surface area contributed by atoms with E-state index in [1.54, 1.807) is 4.72 Å². The highest BCUT2D eigenvalue weighted by molar-refractivity contribution is 7.89. The average molecular weight is 677 g/mol. The molecule has 244 valence electrons. The van der Waals surface area contributed by atoms with Gasteiger partial charge in [-0.3, -0.25) is 14.3 Å². The first-order valence-electron chi connectivity index (χ1n) is 12.8. The number of hydrogen-bond acceptors (Lipinski definition) is 9. The van der Waals surface area contributed by atoms with E-state index in [1.807, 2.05) is 5.32 Å². The van der Waals surface area contributed by atoms with E-state index in [4.69, 9.17) is 26.8 Å². The fourth-order valence-electron chi connectivity index (χ4n) is 3.87. The van der Waals surface area contributed by atoms with E-state index < -0.39 is 63.8 Å². The normalized spacial score (nSPS) is 13.5. The second kappa shape index (κ2) is 13.2. The minimum Gasteiger partial charge on any atom is -0.493 e. The number of carbonyl (C=O) groups is 2.